The van der Waals surface area contributed by atoms with Crippen molar-refractivity contribution in [3.63, 3.8) is 0 Å². The lowest BCUT2D eigenvalue weighted by Gasteiger charge is -1.94. The van der Waals surface area contributed by atoms with E-state index in [1.807, 2.05) is 19.1 Å². The van der Waals surface area contributed by atoms with Crippen molar-refractivity contribution in [2.75, 3.05) is 12.0 Å². The fourth-order valence-electron chi connectivity index (χ4n) is 1.28. The summed E-state index contributed by atoms with van der Waals surface area (Å²) >= 11 is 0. The second kappa shape index (κ2) is 10.3. The van der Waals surface area contributed by atoms with Crippen LogP contribution in [0.1, 0.15) is 38.2 Å². The van der Waals surface area contributed by atoms with Crippen LogP contribution in [0.15, 0.2) is 24.3 Å². The molecule has 0 radical (unpaired) electrons. The lowest BCUT2D eigenvalue weighted by Crippen LogP contribution is -1.92. The van der Waals surface area contributed by atoms with Gasteiger partial charge in [0.25, 0.3) is 0 Å². The van der Waals surface area contributed by atoms with Crippen LogP contribution in [0, 0.1) is 6.92 Å². The van der Waals surface area contributed by atoms with Gasteiger partial charge in [0, 0.05) is 22.8 Å². The van der Waals surface area contributed by atoms with E-state index in [2.05, 4.69) is 6.92 Å². The molecule has 3 heteroatoms. The van der Waals surface area contributed by atoms with E-state index in [0.29, 0.717) is 5.75 Å². The van der Waals surface area contributed by atoms with Crippen LogP contribution in [0.25, 0.3) is 0 Å². The standard InChI is InChI=1S/C7H16OS.C7H8O/c1-3-4-5-6-7-9(2)8;1-6-2-4-7(8)5-3-6/h3-7H2,1-2H3;2-5,8H,1H3. The van der Waals surface area contributed by atoms with Gasteiger partial charge < -0.3 is 5.11 Å². The lowest BCUT2D eigenvalue weighted by molar-refractivity contribution is 0.475. The molecule has 0 saturated heterocycles. The number of phenolic OH excluding ortho intramolecular Hbond substituents is 1. The lowest BCUT2D eigenvalue weighted by atomic mass is 10.2. The van der Waals surface area contributed by atoms with E-state index >= 15 is 0 Å². The monoisotopic (exact) mass is 256 g/mol. The molecule has 0 fully saturated rings. The van der Waals surface area contributed by atoms with Crippen molar-refractivity contribution in [2.24, 2.45) is 0 Å². The molecule has 0 aliphatic heterocycles. The predicted molar refractivity (Wildman–Crippen MR) is 75.9 cm³/mol. The molecule has 0 aliphatic carbocycles. The van der Waals surface area contributed by atoms with Crippen molar-refractivity contribution in [3.05, 3.63) is 29.8 Å². The van der Waals surface area contributed by atoms with Gasteiger partial charge in [-0.1, -0.05) is 43.9 Å². The smallest absolute Gasteiger partial charge is 0.115 e. The van der Waals surface area contributed by atoms with Crippen LogP contribution in [0.4, 0.5) is 0 Å². The predicted octanol–water partition coefficient (Wildman–Crippen LogP) is 3.65. The summed E-state index contributed by atoms with van der Waals surface area (Å²) in [7, 11) is -0.569. The van der Waals surface area contributed by atoms with E-state index < -0.39 is 10.8 Å². The zero-order chi connectivity index (χ0) is 13.1. The molecule has 0 saturated carbocycles. The first-order valence-corrected chi connectivity index (χ1v) is 7.84. The quantitative estimate of drug-likeness (QED) is 0.817. The first kappa shape index (κ1) is 16.2. The highest BCUT2D eigenvalue weighted by molar-refractivity contribution is 7.84. The summed E-state index contributed by atoms with van der Waals surface area (Å²) in [6.07, 6.45) is 6.70. The van der Waals surface area contributed by atoms with Crippen LogP contribution in [-0.4, -0.2) is 21.3 Å². The minimum absolute atomic E-state index is 0.329. The van der Waals surface area contributed by atoms with Crippen LogP contribution >= 0.6 is 0 Å². The molecule has 0 heterocycles. The Kier molecular flexibility index (Phi) is 9.83. The van der Waals surface area contributed by atoms with E-state index in [1.165, 1.54) is 24.8 Å². The summed E-state index contributed by atoms with van der Waals surface area (Å²) in [4.78, 5) is 0. The number of phenols is 1. The van der Waals surface area contributed by atoms with Crippen molar-refractivity contribution in [2.45, 2.75) is 39.5 Å². The Hall–Kier alpha value is -0.830. The van der Waals surface area contributed by atoms with Crippen molar-refractivity contribution in [1.29, 1.82) is 0 Å². The fraction of sp³-hybridized carbons (Fsp3) is 0.571. The average molecular weight is 256 g/mol. The van der Waals surface area contributed by atoms with Gasteiger partial charge in [-0.05, 0) is 25.5 Å². The first-order chi connectivity index (χ1) is 8.06. The average Bonchev–Trinajstić information content (AvgIpc) is 2.29. The molecule has 0 aliphatic rings. The third kappa shape index (κ3) is 11.4. The maximum atomic E-state index is 10.5. The number of aromatic hydroxyl groups is 1. The number of unbranched alkanes of at least 4 members (excludes halogenated alkanes) is 3. The molecule has 0 spiro atoms. The Morgan fingerprint density at radius 3 is 2.12 bits per heavy atom. The van der Waals surface area contributed by atoms with E-state index in [1.54, 1.807) is 18.4 Å². The zero-order valence-corrected chi connectivity index (χ0v) is 11.9. The second-order valence-electron chi connectivity index (χ2n) is 4.17. The molecule has 17 heavy (non-hydrogen) atoms. The van der Waals surface area contributed by atoms with Crippen LogP contribution in [0.2, 0.25) is 0 Å². The summed E-state index contributed by atoms with van der Waals surface area (Å²) in [6, 6.07) is 7.09. The van der Waals surface area contributed by atoms with E-state index in [0.717, 1.165) is 12.2 Å². The number of rotatable bonds is 5. The molecule has 1 rings (SSSR count). The molecule has 1 unspecified atom stereocenters. The molecule has 1 N–H and O–H groups in total. The highest BCUT2D eigenvalue weighted by atomic mass is 32.2. The fourth-order valence-corrected chi connectivity index (χ4v) is 1.89. The molecule has 1 atom stereocenters. The Morgan fingerprint density at radius 1 is 1.12 bits per heavy atom. The molecule has 1 aromatic carbocycles. The number of hydrogen-bond acceptors (Lipinski definition) is 2. The summed E-state index contributed by atoms with van der Waals surface area (Å²) in [6.45, 7) is 4.17. The van der Waals surface area contributed by atoms with Gasteiger partial charge in [0.1, 0.15) is 5.75 Å². The van der Waals surface area contributed by atoms with Crippen LogP contribution in [0.5, 0.6) is 5.75 Å². The first-order valence-electron chi connectivity index (χ1n) is 6.12. The second-order valence-corrected chi connectivity index (χ2v) is 5.73. The Bertz CT molecular complexity index is 286. The van der Waals surface area contributed by atoms with E-state index in [4.69, 9.17) is 5.11 Å². The number of benzene rings is 1. The topological polar surface area (TPSA) is 37.3 Å². The van der Waals surface area contributed by atoms with Crippen molar-refractivity contribution >= 4 is 10.8 Å². The van der Waals surface area contributed by atoms with Gasteiger partial charge >= 0.3 is 0 Å². The maximum absolute atomic E-state index is 10.5. The Labute approximate surface area is 108 Å². The van der Waals surface area contributed by atoms with Crippen molar-refractivity contribution < 1.29 is 9.32 Å². The largest absolute Gasteiger partial charge is 0.508 e. The summed E-state index contributed by atoms with van der Waals surface area (Å²) < 4.78 is 10.5. The highest BCUT2D eigenvalue weighted by Gasteiger charge is 1.89. The van der Waals surface area contributed by atoms with Gasteiger partial charge in [-0.25, -0.2) is 0 Å². The van der Waals surface area contributed by atoms with Gasteiger partial charge in [-0.2, -0.15) is 0 Å². The highest BCUT2D eigenvalue weighted by Crippen LogP contribution is 2.07. The maximum Gasteiger partial charge on any atom is 0.115 e. The van der Waals surface area contributed by atoms with Gasteiger partial charge in [-0.3, -0.25) is 4.21 Å². The normalized spacial score (nSPS) is 11.5. The molecular weight excluding hydrogens is 232 g/mol. The number of hydrogen-bond donors (Lipinski definition) is 1. The molecule has 1 aromatic rings. The van der Waals surface area contributed by atoms with Crippen LogP contribution in [0.3, 0.4) is 0 Å². The molecular formula is C14H24O2S. The number of aryl methyl sites for hydroxylation is 1. The van der Waals surface area contributed by atoms with Crippen LogP contribution < -0.4 is 0 Å². The molecule has 98 valence electrons. The Balaban J connectivity index is 0.000000302. The van der Waals surface area contributed by atoms with Crippen molar-refractivity contribution in [3.8, 4) is 5.75 Å². The van der Waals surface area contributed by atoms with Crippen molar-refractivity contribution in [1.82, 2.24) is 0 Å². The van der Waals surface area contributed by atoms with Gasteiger partial charge in [-0.15, -0.1) is 0 Å². The molecule has 0 bridgehead atoms. The summed E-state index contributed by atoms with van der Waals surface area (Å²) in [5.41, 5.74) is 1.17. The minimum Gasteiger partial charge on any atom is -0.508 e. The molecule has 2 nitrogen and oxygen atoms in total. The third-order valence-corrected chi connectivity index (χ3v) is 3.18. The SMILES string of the molecule is CCCCCCS(C)=O.Cc1ccc(O)cc1. The third-order valence-electron chi connectivity index (χ3n) is 2.32. The summed E-state index contributed by atoms with van der Waals surface area (Å²) in [5.74, 6) is 1.22. The van der Waals surface area contributed by atoms with E-state index in [9.17, 15) is 4.21 Å². The van der Waals surface area contributed by atoms with Gasteiger partial charge in [0.2, 0.25) is 0 Å². The zero-order valence-electron chi connectivity index (χ0n) is 11.1. The van der Waals surface area contributed by atoms with E-state index in [-0.39, 0.29) is 0 Å². The van der Waals surface area contributed by atoms with Gasteiger partial charge in [0.05, 0.1) is 0 Å². The molecule has 0 aromatic heterocycles. The molecule has 0 amide bonds. The summed E-state index contributed by atoms with van der Waals surface area (Å²) in [5, 5.41) is 8.76. The van der Waals surface area contributed by atoms with Gasteiger partial charge in [0.15, 0.2) is 0 Å². The van der Waals surface area contributed by atoms with Crippen LogP contribution in [-0.2, 0) is 10.8 Å². The Morgan fingerprint density at radius 2 is 1.71 bits per heavy atom. The minimum atomic E-state index is -0.569.